The molecule has 0 radical (unpaired) electrons. The van der Waals surface area contributed by atoms with Gasteiger partial charge in [-0.3, -0.25) is 4.90 Å². The maximum atomic E-state index is 14.0. The molecule has 0 aliphatic heterocycles. The topological polar surface area (TPSA) is 41.9 Å². The Hall–Kier alpha value is -2.18. The molecule has 1 N–H and O–H groups in total. The summed E-state index contributed by atoms with van der Waals surface area (Å²) in [5.41, 5.74) is 0.403. The van der Waals surface area contributed by atoms with Gasteiger partial charge in [-0.15, -0.1) is 0 Å². The number of aliphatic hydroxyl groups excluding tert-OH is 1. The molecule has 0 heterocycles. The molecule has 2 aromatic carbocycles. The number of ether oxygens (including phenoxy) is 2. The minimum Gasteiger partial charge on any atom is -0.497 e. The summed E-state index contributed by atoms with van der Waals surface area (Å²) < 4.78 is 37.7. The fourth-order valence-corrected chi connectivity index (χ4v) is 2.83. The van der Waals surface area contributed by atoms with Crippen LogP contribution in [0.1, 0.15) is 19.4 Å². The summed E-state index contributed by atoms with van der Waals surface area (Å²) in [7, 11) is 1.59. The minimum atomic E-state index is -0.741. The van der Waals surface area contributed by atoms with Crippen LogP contribution in [0.2, 0.25) is 0 Å². The van der Waals surface area contributed by atoms with E-state index in [9.17, 15) is 13.9 Å². The molecule has 27 heavy (non-hydrogen) atoms. The van der Waals surface area contributed by atoms with E-state index in [0.29, 0.717) is 36.9 Å². The van der Waals surface area contributed by atoms with E-state index in [0.717, 1.165) is 11.8 Å². The molecule has 1 unspecified atom stereocenters. The van der Waals surface area contributed by atoms with Crippen LogP contribution in [-0.4, -0.2) is 42.9 Å². The van der Waals surface area contributed by atoms with Gasteiger partial charge in [0.1, 0.15) is 35.8 Å². The third-order valence-corrected chi connectivity index (χ3v) is 4.00. The summed E-state index contributed by atoms with van der Waals surface area (Å²) in [5.74, 6) is 0.526. The van der Waals surface area contributed by atoms with Gasteiger partial charge in [-0.1, -0.05) is 19.9 Å². The Morgan fingerprint density at radius 1 is 1.00 bits per heavy atom. The van der Waals surface area contributed by atoms with Gasteiger partial charge in [0.05, 0.1) is 7.11 Å². The first kappa shape index (κ1) is 21.1. The summed E-state index contributed by atoms with van der Waals surface area (Å²) in [5, 5.41) is 10.3. The average molecular weight is 379 g/mol. The molecule has 4 nitrogen and oxygen atoms in total. The Morgan fingerprint density at radius 2 is 1.67 bits per heavy atom. The maximum Gasteiger partial charge on any atom is 0.130 e. The van der Waals surface area contributed by atoms with Crippen molar-refractivity contribution in [2.75, 3.05) is 26.8 Å². The molecule has 0 aliphatic rings. The SMILES string of the molecule is COc1ccc(OCC(O)CN(Cc2ccc(F)cc2F)CC(C)C)cc1. The number of benzene rings is 2. The lowest BCUT2D eigenvalue weighted by Crippen LogP contribution is -2.37. The van der Waals surface area contributed by atoms with E-state index in [4.69, 9.17) is 9.47 Å². The highest BCUT2D eigenvalue weighted by Crippen LogP contribution is 2.18. The van der Waals surface area contributed by atoms with Crippen molar-refractivity contribution in [3.63, 3.8) is 0 Å². The third kappa shape index (κ3) is 7.15. The summed E-state index contributed by atoms with van der Waals surface area (Å²) in [6.07, 6.45) is -0.741. The number of rotatable bonds is 10. The first-order valence-electron chi connectivity index (χ1n) is 8.98. The van der Waals surface area contributed by atoms with E-state index in [1.165, 1.54) is 12.1 Å². The van der Waals surface area contributed by atoms with Gasteiger partial charge < -0.3 is 14.6 Å². The van der Waals surface area contributed by atoms with Crippen LogP contribution in [0.3, 0.4) is 0 Å². The molecular weight excluding hydrogens is 352 g/mol. The molecule has 1 atom stereocenters. The first-order valence-corrected chi connectivity index (χ1v) is 8.98. The molecule has 0 bridgehead atoms. The van der Waals surface area contributed by atoms with Crippen LogP contribution in [0.4, 0.5) is 8.78 Å². The van der Waals surface area contributed by atoms with Crippen molar-refractivity contribution in [3.05, 3.63) is 59.7 Å². The highest BCUT2D eigenvalue weighted by Gasteiger charge is 2.16. The standard InChI is InChI=1S/C21H27F2NO3/c1-15(2)11-24(12-16-4-5-17(22)10-21(16)23)13-18(25)14-27-20-8-6-19(26-3)7-9-20/h4-10,15,18,25H,11-14H2,1-3H3. The van der Waals surface area contributed by atoms with Crippen LogP contribution >= 0.6 is 0 Å². The van der Waals surface area contributed by atoms with Gasteiger partial charge in [0.2, 0.25) is 0 Å². The molecular formula is C21H27F2NO3. The molecule has 148 valence electrons. The van der Waals surface area contributed by atoms with E-state index in [1.807, 2.05) is 18.7 Å². The number of hydrogen-bond acceptors (Lipinski definition) is 4. The summed E-state index contributed by atoms with van der Waals surface area (Å²) in [4.78, 5) is 1.95. The van der Waals surface area contributed by atoms with Crippen molar-refractivity contribution < 1.29 is 23.4 Å². The smallest absolute Gasteiger partial charge is 0.130 e. The van der Waals surface area contributed by atoms with Gasteiger partial charge in [-0.25, -0.2) is 8.78 Å². The Bertz CT molecular complexity index is 707. The largest absolute Gasteiger partial charge is 0.497 e. The molecule has 0 saturated heterocycles. The van der Waals surface area contributed by atoms with E-state index in [1.54, 1.807) is 31.4 Å². The van der Waals surface area contributed by atoms with Crippen molar-refractivity contribution in [2.45, 2.75) is 26.5 Å². The fourth-order valence-electron chi connectivity index (χ4n) is 2.83. The maximum absolute atomic E-state index is 14.0. The van der Waals surface area contributed by atoms with Crippen molar-refractivity contribution in [1.82, 2.24) is 4.90 Å². The van der Waals surface area contributed by atoms with Crippen LogP contribution in [-0.2, 0) is 6.54 Å². The van der Waals surface area contributed by atoms with Crippen LogP contribution in [0.15, 0.2) is 42.5 Å². The lowest BCUT2D eigenvalue weighted by Gasteiger charge is -2.27. The number of aliphatic hydroxyl groups is 1. The number of nitrogens with zero attached hydrogens (tertiary/aromatic N) is 1. The molecule has 0 spiro atoms. The third-order valence-electron chi connectivity index (χ3n) is 4.00. The zero-order valence-corrected chi connectivity index (χ0v) is 16.0. The Labute approximate surface area is 159 Å². The lowest BCUT2D eigenvalue weighted by atomic mass is 10.1. The Kier molecular flexibility index (Phi) is 8.00. The van der Waals surface area contributed by atoms with Gasteiger partial charge in [0.25, 0.3) is 0 Å². The van der Waals surface area contributed by atoms with Crippen LogP contribution in [0.5, 0.6) is 11.5 Å². The summed E-state index contributed by atoms with van der Waals surface area (Å²) in [6.45, 7) is 5.51. The van der Waals surface area contributed by atoms with E-state index in [2.05, 4.69) is 0 Å². The highest BCUT2D eigenvalue weighted by molar-refractivity contribution is 5.31. The average Bonchev–Trinajstić information content (AvgIpc) is 2.62. The van der Waals surface area contributed by atoms with Gasteiger partial charge >= 0.3 is 0 Å². The number of methoxy groups -OCH3 is 1. The second-order valence-corrected chi connectivity index (χ2v) is 6.96. The molecule has 2 aromatic rings. The summed E-state index contributed by atoms with van der Waals surface area (Å²) >= 11 is 0. The molecule has 0 fully saturated rings. The second-order valence-electron chi connectivity index (χ2n) is 6.96. The second kappa shape index (κ2) is 10.2. The van der Waals surface area contributed by atoms with Crippen molar-refractivity contribution in [2.24, 2.45) is 5.92 Å². The normalized spacial score (nSPS) is 12.4. The van der Waals surface area contributed by atoms with Gasteiger partial charge in [0, 0.05) is 31.3 Å². The van der Waals surface area contributed by atoms with Gasteiger partial charge in [0.15, 0.2) is 0 Å². The highest BCUT2D eigenvalue weighted by atomic mass is 19.1. The van der Waals surface area contributed by atoms with Crippen LogP contribution in [0.25, 0.3) is 0 Å². The zero-order valence-electron chi connectivity index (χ0n) is 16.0. The summed E-state index contributed by atoms with van der Waals surface area (Å²) in [6, 6.07) is 10.7. The first-order chi connectivity index (χ1) is 12.9. The zero-order chi connectivity index (χ0) is 19.8. The molecule has 0 aliphatic carbocycles. The lowest BCUT2D eigenvalue weighted by molar-refractivity contribution is 0.0611. The van der Waals surface area contributed by atoms with Crippen molar-refractivity contribution in [3.8, 4) is 11.5 Å². The number of halogens is 2. The molecule has 0 amide bonds. The molecule has 2 rings (SSSR count). The quantitative estimate of drug-likeness (QED) is 0.680. The van der Waals surface area contributed by atoms with Crippen LogP contribution < -0.4 is 9.47 Å². The number of hydrogen-bond donors (Lipinski definition) is 1. The van der Waals surface area contributed by atoms with E-state index >= 15 is 0 Å². The minimum absolute atomic E-state index is 0.118. The Balaban J connectivity index is 1.93. The Morgan fingerprint density at radius 3 is 2.26 bits per heavy atom. The fraction of sp³-hybridized carbons (Fsp3) is 0.429. The van der Waals surface area contributed by atoms with Crippen molar-refractivity contribution >= 4 is 0 Å². The van der Waals surface area contributed by atoms with Crippen LogP contribution in [0, 0.1) is 17.6 Å². The molecule has 0 saturated carbocycles. The van der Waals surface area contributed by atoms with E-state index in [-0.39, 0.29) is 6.61 Å². The molecule has 6 heteroatoms. The molecule has 0 aromatic heterocycles. The predicted octanol–water partition coefficient (Wildman–Crippen LogP) is 3.87. The monoisotopic (exact) mass is 379 g/mol. The predicted molar refractivity (Wildman–Crippen MR) is 101 cm³/mol. The van der Waals surface area contributed by atoms with E-state index < -0.39 is 17.7 Å². The van der Waals surface area contributed by atoms with Gasteiger partial charge in [-0.2, -0.15) is 0 Å². The van der Waals surface area contributed by atoms with Gasteiger partial charge in [-0.05, 0) is 36.2 Å². The van der Waals surface area contributed by atoms with Crippen molar-refractivity contribution in [1.29, 1.82) is 0 Å².